The molecule has 2 aromatic carbocycles. The quantitative estimate of drug-likeness (QED) is 0.312. The fourth-order valence-corrected chi connectivity index (χ4v) is 6.00. The molecule has 33 heavy (non-hydrogen) atoms. The molecule has 0 amide bonds. The van der Waals surface area contributed by atoms with Crippen LogP contribution in [0.2, 0.25) is 0 Å². The van der Waals surface area contributed by atoms with Crippen LogP contribution in [0.25, 0.3) is 21.9 Å². The van der Waals surface area contributed by atoms with Crippen LogP contribution in [-0.2, 0) is 9.84 Å². The minimum absolute atomic E-state index is 0.158. The number of ether oxygens (including phenoxy) is 2. The summed E-state index contributed by atoms with van der Waals surface area (Å²) in [5, 5.41) is 5.24. The first-order chi connectivity index (χ1) is 15.9. The fourth-order valence-electron chi connectivity index (χ4n) is 3.50. The van der Waals surface area contributed by atoms with Crippen molar-refractivity contribution < 1.29 is 22.9 Å². The first kappa shape index (κ1) is 21.0. The number of sulfone groups is 1. The van der Waals surface area contributed by atoms with Crippen LogP contribution in [0.1, 0.15) is 0 Å². The Bertz CT molecular complexity index is 1590. The topological polar surface area (TPSA) is 146 Å². The molecule has 0 aliphatic carbocycles. The van der Waals surface area contributed by atoms with Crippen molar-refractivity contribution in [2.45, 2.75) is 9.10 Å². The van der Waals surface area contributed by atoms with Gasteiger partial charge in [-0.25, -0.2) is 23.7 Å². The number of benzene rings is 2. The van der Waals surface area contributed by atoms with Crippen LogP contribution < -0.4 is 25.5 Å². The van der Waals surface area contributed by atoms with Crippen molar-refractivity contribution in [3.05, 3.63) is 48.9 Å². The lowest BCUT2D eigenvalue weighted by atomic mass is 10.2. The van der Waals surface area contributed by atoms with E-state index in [1.807, 2.05) is 12.1 Å². The van der Waals surface area contributed by atoms with Crippen molar-refractivity contribution >= 4 is 59.7 Å². The summed E-state index contributed by atoms with van der Waals surface area (Å²) in [6, 6.07) is 9.76. The van der Waals surface area contributed by atoms with E-state index in [1.165, 1.54) is 24.7 Å². The Labute approximate surface area is 192 Å². The standard InChI is InChI=1S/C21H18N6O4S2/c1-30-15-7-13-14(8-16(15)31-2)26-19-18(13)20(25-10-24-19)27-21-23-9-17(32-21)33(28,29)12-5-3-11(22)4-6-12/h3-10H,22H2,1-2H3,(H2,23,24,25,26,27)/p+1. The van der Waals surface area contributed by atoms with E-state index in [2.05, 4.69) is 25.3 Å². The van der Waals surface area contributed by atoms with Gasteiger partial charge >= 0.3 is 5.13 Å². The summed E-state index contributed by atoms with van der Waals surface area (Å²) in [6.45, 7) is 0. The Balaban J connectivity index is 1.55. The number of nitrogens with one attached hydrogen (secondary N) is 3. The van der Waals surface area contributed by atoms with Crippen LogP contribution in [0, 0.1) is 0 Å². The van der Waals surface area contributed by atoms with E-state index in [-0.39, 0.29) is 9.10 Å². The van der Waals surface area contributed by atoms with Crippen molar-refractivity contribution in [2.24, 2.45) is 0 Å². The SMILES string of the molecule is COc1cc2[nH]c3ncnc(Nc4[nH+]cc(S(=O)(=O)c5ccc(N)cc5)s4)c3c2cc1OC. The highest BCUT2D eigenvalue weighted by atomic mass is 32.2. The van der Waals surface area contributed by atoms with E-state index >= 15 is 0 Å². The maximum absolute atomic E-state index is 13.0. The van der Waals surface area contributed by atoms with Gasteiger partial charge in [-0.2, -0.15) is 4.98 Å². The van der Waals surface area contributed by atoms with Gasteiger partial charge in [0.15, 0.2) is 15.7 Å². The second-order valence-electron chi connectivity index (χ2n) is 7.06. The number of nitrogens with zero attached hydrogens (tertiary/aromatic N) is 2. The third-order valence-electron chi connectivity index (χ3n) is 5.10. The molecular formula is C21H19N6O4S2+. The van der Waals surface area contributed by atoms with Crippen LogP contribution in [0.5, 0.6) is 11.5 Å². The van der Waals surface area contributed by atoms with E-state index < -0.39 is 9.84 Å². The van der Waals surface area contributed by atoms with Crippen molar-refractivity contribution in [3.8, 4) is 11.5 Å². The molecule has 3 heterocycles. The predicted molar refractivity (Wildman–Crippen MR) is 125 cm³/mol. The molecule has 0 spiro atoms. The Morgan fingerprint density at radius 1 is 1.09 bits per heavy atom. The monoisotopic (exact) mass is 483 g/mol. The second-order valence-corrected chi connectivity index (χ2v) is 10.3. The van der Waals surface area contributed by atoms with Crippen molar-refractivity contribution in [1.29, 1.82) is 0 Å². The summed E-state index contributed by atoms with van der Waals surface area (Å²) in [7, 11) is -0.549. The molecule has 0 bridgehead atoms. The number of fused-ring (bicyclic) bond motifs is 3. The maximum atomic E-state index is 13.0. The average molecular weight is 484 g/mol. The zero-order valence-electron chi connectivity index (χ0n) is 17.5. The lowest BCUT2D eigenvalue weighted by Gasteiger charge is -2.07. The lowest BCUT2D eigenvalue weighted by molar-refractivity contribution is -0.356. The number of aromatic nitrogens is 4. The van der Waals surface area contributed by atoms with Gasteiger partial charge in [-0.1, -0.05) is 0 Å². The molecule has 0 atom stereocenters. The van der Waals surface area contributed by atoms with Gasteiger partial charge in [-0.15, -0.1) is 0 Å². The number of nitrogens with two attached hydrogens (primary N) is 1. The number of anilines is 3. The molecule has 5 N–H and O–H groups in total. The predicted octanol–water partition coefficient (Wildman–Crippen LogP) is 3.16. The first-order valence-electron chi connectivity index (χ1n) is 9.68. The van der Waals surface area contributed by atoms with E-state index in [0.29, 0.717) is 33.8 Å². The molecule has 12 heteroatoms. The van der Waals surface area contributed by atoms with Crippen molar-refractivity contribution in [2.75, 3.05) is 25.3 Å². The average Bonchev–Trinajstić information content (AvgIpc) is 3.43. The number of nitrogen functional groups attached to an aromatic ring is 1. The Morgan fingerprint density at radius 3 is 2.55 bits per heavy atom. The van der Waals surface area contributed by atoms with E-state index in [4.69, 9.17) is 15.2 Å². The minimum atomic E-state index is -3.69. The third-order valence-corrected chi connectivity index (χ3v) is 8.30. The molecule has 5 aromatic rings. The number of thiazole rings is 1. The minimum Gasteiger partial charge on any atom is -0.493 e. The number of methoxy groups -OCH3 is 2. The van der Waals surface area contributed by atoms with Gasteiger partial charge in [0, 0.05) is 17.1 Å². The molecule has 0 radical (unpaired) electrons. The van der Waals surface area contributed by atoms with Gasteiger partial charge in [0.1, 0.15) is 18.2 Å². The Hall–Kier alpha value is -3.90. The first-order valence-corrected chi connectivity index (χ1v) is 12.0. The number of hydrogen-bond acceptors (Lipinski definition) is 9. The van der Waals surface area contributed by atoms with Gasteiger partial charge in [0.05, 0.1) is 30.0 Å². The highest BCUT2D eigenvalue weighted by Gasteiger charge is 2.25. The molecule has 168 valence electrons. The van der Waals surface area contributed by atoms with E-state index in [1.54, 1.807) is 26.4 Å². The van der Waals surface area contributed by atoms with Gasteiger partial charge in [-0.3, -0.25) is 0 Å². The number of aromatic amines is 2. The summed E-state index contributed by atoms with van der Waals surface area (Å²) in [5.41, 5.74) is 7.58. The summed E-state index contributed by atoms with van der Waals surface area (Å²) >= 11 is 1.06. The Morgan fingerprint density at radius 2 is 1.82 bits per heavy atom. The molecule has 0 saturated carbocycles. The van der Waals surface area contributed by atoms with Crippen LogP contribution in [-0.4, -0.2) is 37.6 Å². The lowest BCUT2D eigenvalue weighted by Crippen LogP contribution is -2.05. The zero-order chi connectivity index (χ0) is 23.2. The fraction of sp³-hybridized carbons (Fsp3) is 0.0952. The maximum Gasteiger partial charge on any atom is 0.339 e. The number of hydrogen-bond donors (Lipinski definition) is 3. The molecule has 0 saturated heterocycles. The molecule has 0 aliphatic rings. The van der Waals surface area contributed by atoms with Gasteiger partial charge < -0.3 is 20.2 Å². The van der Waals surface area contributed by atoms with Crippen LogP contribution in [0.3, 0.4) is 0 Å². The van der Waals surface area contributed by atoms with Gasteiger partial charge in [-0.05, 0) is 41.7 Å². The van der Waals surface area contributed by atoms with Gasteiger partial charge in [0.2, 0.25) is 15.7 Å². The van der Waals surface area contributed by atoms with Crippen molar-refractivity contribution in [3.63, 3.8) is 0 Å². The van der Waals surface area contributed by atoms with Crippen LogP contribution in [0.4, 0.5) is 16.6 Å². The highest BCUT2D eigenvalue weighted by Crippen LogP contribution is 2.38. The van der Waals surface area contributed by atoms with Crippen molar-refractivity contribution in [1.82, 2.24) is 15.0 Å². The molecule has 0 fully saturated rings. The molecule has 0 unspecified atom stereocenters. The molecular weight excluding hydrogens is 464 g/mol. The summed E-state index contributed by atoms with van der Waals surface area (Å²) in [6.07, 6.45) is 2.87. The third kappa shape index (κ3) is 3.58. The highest BCUT2D eigenvalue weighted by molar-refractivity contribution is 7.93. The summed E-state index contributed by atoms with van der Waals surface area (Å²) < 4.78 is 36.9. The summed E-state index contributed by atoms with van der Waals surface area (Å²) in [5.74, 6) is 1.66. The molecule has 0 aliphatic heterocycles. The molecule has 10 nitrogen and oxygen atoms in total. The largest absolute Gasteiger partial charge is 0.493 e. The number of H-pyrrole nitrogens is 2. The molecule has 5 rings (SSSR count). The smallest absolute Gasteiger partial charge is 0.339 e. The summed E-state index contributed by atoms with van der Waals surface area (Å²) in [4.78, 5) is 15.1. The Kier molecular flexibility index (Phi) is 5.02. The zero-order valence-corrected chi connectivity index (χ0v) is 19.2. The van der Waals surface area contributed by atoms with Gasteiger partial charge in [0.25, 0.3) is 0 Å². The second kappa shape index (κ2) is 7.90. The van der Waals surface area contributed by atoms with E-state index in [9.17, 15) is 8.42 Å². The molecule has 3 aromatic heterocycles. The van der Waals surface area contributed by atoms with Crippen LogP contribution in [0.15, 0.2) is 58.0 Å². The normalized spacial score (nSPS) is 11.7. The number of rotatable bonds is 6. The van der Waals surface area contributed by atoms with Crippen LogP contribution >= 0.6 is 11.3 Å². The van der Waals surface area contributed by atoms with E-state index in [0.717, 1.165) is 27.6 Å².